The first-order chi connectivity index (χ1) is 12.6. The first-order valence-corrected chi connectivity index (χ1v) is 9.96. The zero-order chi connectivity index (χ0) is 19.8. The van der Waals surface area contributed by atoms with Crippen LogP contribution in [0.25, 0.3) is 0 Å². The predicted molar refractivity (Wildman–Crippen MR) is 107 cm³/mol. The van der Waals surface area contributed by atoms with Crippen LogP contribution in [0.4, 0.5) is 5.69 Å². The van der Waals surface area contributed by atoms with E-state index >= 15 is 0 Å². The number of piperidine rings is 2. The van der Waals surface area contributed by atoms with E-state index < -0.39 is 0 Å². The van der Waals surface area contributed by atoms with Crippen molar-refractivity contribution in [3.8, 4) is 0 Å². The summed E-state index contributed by atoms with van der Waals surface area (Å²) in [6, 6.07) is 7.63. The van der Waals surface area contributed by atoms with E-state index in [-0.39, 0.29) is 29.0 Å². The fourth-order valence-corrected chi connectivity index (χ4v) is 5.15. The molecular weight excluding hydrogens is 340 g/mol. The molecule has 2 fully saturated rings. The molecule has 0 saturated carbocycles. The fraction of sp³-hybridized carbons (Fsp3) is 0.636. The van der Waals surface area contributed by atoms with Crippen LogP contribution in [-0.2, 0) is 4.79 Å². The van der Waals surface area contributed by atoms with E-state index in [4.69, 9.17) is 0 Å². The molecule has 0 spiro atoms. The van der Waals surface area contributed by atoms with Crippen LogP contribution in [0.2, 0.25) is 0 Å². The molecule has 2 heterocycles. The molecule has 0 unspecified atom stereocenters. The highest BCUT2D eigenvalue weighted by atomic mass is 16.3. The summed E-state index contributed by atoms with van der Waals surface area (Å²) in [6.45, 7) is 9.96. The Morgan fingerprint density at radius 2 is 1.56 bits per heavy atom. The number of carbonyl (C=O) groups excluding carboxylic acids is 2. The Bertz CT molecular complexity index is 670. The number of likely N-dealkylation sites (tertiary alicyclic amines) is 1. The van der Waals surface area contributed by atoms with E-state index in [0.717, 1.165) is 37.9 Å². The van der Waals surface area contributed by atoms with Crippen molar-refractivity contribution in [2.75, 3.05) is 18.0 Å². The second-order valence-electron chi connectivity index (χ2n) is 9.33. The lowest BCUT2D eigenvalue weighted by molar-refractivity contribution is -0.160. The van der Waals surface area contributed by atoms with Crippen molar-refractivity contribution in [1.82, 2.24) is 4.90 Å². The van der Waals surface area contributed by atoms with Gasteiger partial charge in [0.25, 0.3) is 0 Å². The van der Waals surface area contributed by atoms with Gasteiger partial charge in [0.15, 0.2) is 0 Å². The zero-order valence-electron chi connectivity index (χ0n) is 16.9. The van der Waals surface area contributed by atoms with Crippen LogP contribution in [0.15, 0.2) is 24.3 Å². The van der Waals surface area contributed by atoms with Crippen LogP contribution >= 0.6 is 0 Å². The molecule has 3 rings (SSSR count). The summed E-state index contributed by atoms with van der Waals surface area (Å²) in [5, 5.41) is 10.2. The number of aldehydes is 1. The maximum Gasteiger partial charge on any atom is 0.226 e. The van der Waals surface area contributed by atoms with Crippen LogP contribution in [0.5, 0.6) is 0 Å². The van der Waals surface area contributed by atoms with Crippen LogP contribution < -0.4 is 4.90 Å². The van der Waals surface area contributed by atoms with Gasteiger partial charge >= 0.3 is 0 Å². The summed E-state index contributed by atoms with van der Waals surface area (Å²) in [7, 11) is 0. The lowest BCUT2D eigenvalue weighted by Gasteiger charge is -2.55. The minimum atomic E-state index is -0.352. The molecule has 1 aromatic rings. The van der Waals surface area contributed by atoms with Crippen LogP contribution in [0, 0.1) is 5.92 Å². The third-order valence-corrected chi connectivity index (χ3v) is 6.14. The summed E-state index contributed by atoms with van der Waals surface area (Å²) in [6.07, 6.45) is 3.43. The minimum Gasteiger partial charge on any atom is -0.393 e. The van der Waals surface area contributed by atoms with Gasteiger partial charge in [-0.05, 0) is 77.6 Å². The van der Waals surface area contributed by atoms with Gasteiger partial charge in [0, 0.05) is 41.3 Å². The van der Waals surface area contributed by atoms with Crippen molar-refractivity contribution in [3.63, 3.8) is 0 Å². The molecule has 2 aliphatic rings. The van der Waals surface area contributed by atoms with Gasteiger partial charge in [-0.1, -0.05) is 0 Å². The number of benzene rings is 1. The topological polar surface area (TPSA) is 60.9 Å². The molecule has 0 atom stereocenters. The highest BCUT2D eigenvalue weighted by molar-refractivity contribution is 5.81. The quantitative estimate of drug-likeness (QED) is 0.828. The Labute approximate surface area is 162 Å². The number of hydrogen-bond donors (Lipinski definition) is 1. The van der Waals surface area contributed by atoms with Gasteiger partial charge in [-0.25, -0.2) is 0 Å². The number of amides is 1. The largest absolute Gasteiger partial charge is 0.393 e. The number of nitrogens with zero attached hydrogens (tertiary/aromatic N) is 2. The van der Waals surface area contributed by atoms with Crippen molar-refractivity contribution >= 4 is 17.9 Å². The van der Waals surface area contributed by atoms with Gasteiger partial charge in [-0.3, -0.25) is 9.59 Å². The molecule has 0 bridgehead atoms. The second-order valence-corrected chi connectivity index (χ2v) is 9.33. The minimum absolute atomic E-state index is 0.0318. The molecule has 5 heteroatoms. The fourth-order valence-electron chi connectivity index (χ4n) is 5.15. The van der Waals surface area contributed by atoms with Gasteiger partial charge in [-0.15, -0.1) is 0 Å². The zero-order valence-corrected chi connectivity index (χ0v) is 16.9. The Morgan fingerprint density at radius 1 is 1.04 bits per heavy atom. The van der Waals surface area contributed by atoms with Gasteiger partial charge < -0.3 is 14.9 Å². The molecule has 0 aliphatic carbocycles. The van der Waals surface area contributed by atoms with Crippen LogP contribution in [0.3, 0.4) is 0 Å². The Kier molecular flexibility index (Phi) is 5.35. The van der Waals surface area contributed by atoms with E-state index in [9.17, 15) is 14.7 Å². The molecule has 27 heavy (non-hydrogen) atoms. The van der Waals surface area contributed by atoms with E-state index in [2.05, 4.69) is 32.6 Å². The lowest BCUT2D eigenvalue weighted by atomic mass is 9.76. The van der Waals surface area contributed by atoms with E-state index in [1.54, 1.807) is 0 Å². The maximum atomic E-state index is 13.4. The average molecular weight is 373 g/mol. The lowest BCUT2D eigenvalue weighted by Crippen LogP contribution is -2.65. The summed E-state index contributed by atoms with van der Waals surface area (Å²) in [5.41, 5.74) is 1.12. The van der Waals surface area contributed by atoms with Crippen LogP contribution in [0.1, 0.15) is 63.7 Å². The van der Waals surface area contributed by atoms with E-state index in [1.165, 1.54) is 0 Å². The van der Waals surface area contributed by atoms with E-state index in [0.29, 0.717) is 18.4 Å². The highest BCUT2D eigenvalue weighted by Gasteiger charge is 2.48. The highest BCUT2D eigenvalue weighted by Crippen LogP contribution is 2.40. The van der Waals surface area contributed by atoms with Crippen LogP contribution in [-0.4, -0.2) is 52.5 Å². The first kappa shape index (κ1) is 19.9. The monoisotopic (exact) mass is 372 g/mol. The Hall–Kier alpha value is -1.88. The Balaban J connectivity index is 1.67. The molecular formula is C22H32N2O3. The van der Waals surface area contributed by atoms with Crippen molar-refractivity contribution in [2.24, 2.45) is 5.92 Å². The number of carbonyl (C=O) groups is 2. The first-order valence-electron chi connectivity index (χ1n) is 9.96. The summed E-state index contributed by atoms with van der Waals surface area (Å²) in [4.78, 5) is 28.6. The number of anilines is 1. The molecule has 1 aromatic carbocycles. The molecule has 148 valence electrons. The van der Waals surface area contributed by atoms with Gasteiger partial charge in [-0.2, -0.15) is 0 Å². The second kappa shape index (κ2) is 7.27. The molecule has 0 radical (unpaired) electrons. The number of rotatable bonds is 3. The van der Waals surface area contributed by atoms with E-state index in [1.807, 2.05) is 29.2 Å². The standard InChI is InChI=1S/C22H32N2O3/c1-21(2)13-19(26)14-22(3,4)24(21)20(27)17-9-11-23(12-10-17)18-7-5-16(15-25)6-8-18/h5-8,15,17,19,26H,9-14H2,1-4H3. The van der Waals surface area contributed by atoms with Gasteiger partial charge in [0.05, 0.1) is 6.10 Å². The summed E-state index contributed by atoms with van der Waals surface area (Å²) < 4.78 is 0. The smallest absolute Gasteiger partial charge is 0.226 e. The third kappa shape index (κ3) is 4.03. The average Bonchev–Trinajstić information content (AvgIpc) is 2.59. The van der Waals surface area contributed by atoms with Crippen molar-refractivity contribution in [2.45, 2.75) is 70.6 Å². The van der Waals surface area contributed by atoms with Crippen molar-refractivity contribution in [1.29, 1.82) is 0 Å². The van der Waals surface area contributed by atoms with Gasteiger partial charge in [0.1, 0.15) is 6.29 Å². The summed E-state index contributed by atoms with van der Waals surface area (Å²) in [5.74, 6) is 0.261. The van der Waals surface area contributed by atoms with Gasteiger partial charge in [0.2, 0.25) is 5.91 Å². The summed E-state index contributed by atoms with van der Waals surface area (Å²) >= 11 is 0. The SMILES string of the molecule is CC1(C)CC(O)CC(C)(C)N1C(=O)C1CCN(c2ccc(C=O)cc2)CC1. The van der Waals surface area contributed by atoms with Crippen molar-refractivity contribution in [3.05, 3.63) is 29.8 Å². The molecule has 1 amide bonds. The number of hydrogen-bond acceptors (Lipinski definition) is 4. The third-order valence-electron chi connectivity index (χ3n) is 6.14. The molecule has 5 nitrogen and oxygen atoms in total. The molecule has 0 aromatic heterocycles. The Morgan fingerprint density at radius 3 is 2.04 bits per heavy atom. The molecule has 2 aliphatic heterocycles. The number of aliphatic hydroxyl groups is 1. The van der Waals surface area contributed by atoms with Crippen molar-refractivity contribution < 1.29 is 14.7 Å². The maximum absolute atomic E-state index is 13.4. The molecule has 1 N–H and O–H groups in total. The predicted octanol–water partition coefficient (Wildman–Crippen LogP) is 3.26. The number of aliphatic hydroxyl groups excluding tert-OH is 1. The normalized spacial score (nSPS) is 23.3. The molecule has 2 saturated heterocycles.